The summed E-state index contributed by atoms with van der Waals surface area (Å²) >= 11 is 0. The third-order valence-corrected chi connectivity index (χ3v) is 3.56. The van der Waals surface area contributed by atoms with Gasteiger partial charge in [-0.3, -0.25) is 19.4 Å². The Morgan fingerprint density at radius 3 is 2.38 bits per heavy atom. The minimum absolute atomic E-state index is 0.0189. The molecule has 0 unspecified atom stereocenters. The lowest BCUT2D eigenvalue weighted by atomic mass is 10.1. The van der Waals surface area contributed by atoms with Gasteiger partial charge in [-0.25, -0.2) is 4.98 Å². The smallest absolute Gasteiger partial charge is 0.319 e. The van der Waals surface area contributed by atoms with Gasteiger partial charge >= 0.3 is 11.9 Å². The van der Waals surface area contributed by atoms with Gasteiger partial charge in [0.15, 0.2) is 11.2 Å². The Morgan fingerprint density at radius 1 is 1.19 bits per heavy atom. The van der Waals surface area contributed by atoms with Crippen LogP contribution in [0.15, 0.2) is 11.1 Å². The van der Waals surface area contributed by atoms with Crippen molar-refractivity contribution in [3.05, 3.63) is 16.7 Å². The Labute approximate surface area is 147 Å². The fraction of sp³-hybridized carbons (Fsp3) is 0.500. The molecule has 0 aliphatic carbocycles. The van der Waals surface area contributed by atoms with Crippen LogP contribution < -0.4 is 22.8 Å². The van der Waals surface area contributed by atoms with Crippen LogP contribution in [0.2, 0.25) is 0 Å². The molecule has 0 aliphatic rings. The minimum Gasteiger partial charge on any atom is -0.464 e. The Morgan fingerprint density at radius 2 is 1.81 bits per heavy atom. The van der Waals surface area contributed by atoms with Crippen molar-refractivity contribution in [2.24, 2.45) is 17.4 Å². The number of carbonyl (C=O) groups excluding carboxylic acids is 2. The maximum Gasteiger partial charge on any atom is 0.319 e. The number of nitrogens with zero attached hydrogens (tertiary/aromatic N) is 3. The van der Waals surface area contributed by atoms with Crippen molar-refractivity contribution in [3.8, 4) is 0 Å². The van der Waals surface area contributed by atoms with E-state index < -0.39 is 17.5 Å². The highest BCUT2D eigenvalue weighted by atomic mass is 16.5. The van der Waals surface area contributed by atoms with Crippen molar-refractivity contribution < 1.29 is 19.1 Å². The lowest BCUT2D eigenvalue weighted by molar-refractivity contribution is -0.147. The molecule has 0 aromatic carbocycles. The van der Waals surface area contributed by atoms with Crippen LogP contribution in [0, 0.1) is 5.92 Å². The van der Waals surface area contributed by atoms with Crippen LogP contribution >= 0.6 is 0 Å². The number of aryl methyl sites for hydroxylation is 1. The Hall–Kier alpha value is -2.99. The molecule has 0 fully saturated rings. The van der Waals surface area contributed by atoms with Gasteiger partial charge in [-0.05, 0) is 6.42 Å². The zero-order chi connectivity index (χ0) is 19.1. The van der Waals surface area contributed by atoms with Gasteiger partial charge in [0.05, 0.1) is 32.6 Å². The van der Waals surface area contributed by atoms with Crippen molar-refractivity contribution in [1.82, 2.24) is 19.5 Å². The van der Waals surface area contributed by atoms with Crippen molar-refractivity contribution in [3.63, 3.8) is 0 Å². The number of nitrogens with two attached hydrogens (primary N) is 3. The molecule has 0 saturated heterocycles. The van der Waals surface area contributed by atoms with E-state index >= 15 is 0 Å². The average Bonchev–Trinajstić information content (AvgIpc) is 3.03. The summed E-state index contributed by atoms with van der Waals surface area (Å²) in [6.07, 6.45) is 1.91. The number of nitrogen functional groups attached to an aromatic ring is 1. The van der Waals surface area contributed by atoms with Crippen molar-refractivity contribution in [2.45, 2.75) is 13.0 Å². The first kappa shape index (κ1) is 19.3. The maximum atomic E-state index is 11.8. The van der Waals surface area contributed by atoms with Gasteiger partial charge in [-0.2, -0.15) is 4.98 Å². The van der Waals surface area contributed by atoms with Gasteiger partial charge in [0.25, 0.3) is 5.56 Å². The summed E-state index contributed by atoms with van der Waals surface area (Å²) in [5.74, 6) is -1.43. The molecule has 2 aromatic heterocycles. The first-order chi connectivity index (χ1) is 12.4. The molecule has 0 aliphatic heterocycles. The van der Waals surface area contributed by atoms with E-state index in [0.29, 0.717) is 18.6 Å². The first-order valence-corrected chi connectivity index (χ1v) is 7.86. The van der Waals surface area contributed by atoms with Gasteiger partial charge in [0.1, 0.15) is 0 Å². The molecule has 0 saturated carbocycles. The number of aromatic amines is 1. The number of ether oxygens (including phenoxy) is 2. The second-order valence-electron chi connectivity index (χ2n) is 5.49. The van der Waals surface area contributed by atoms with E-state index in [0.717, 1.165) is 0 Å². The summed E-state index contributed by atoms with van der Waals surface area (Å²) in [6, 6.07) is 0. The number of carbonyl (C=O) groups is 2. The van der Waals surface area contributed by atoms with Crippen LogP contribution in [0.5, 0.6) is 0 Å². The van der Waals surface area contributed by atoms with E-state index in [1.54, 1.807) is 4.57 Å². The number of hydrogen-bond donors (Lipinski definition) is 4. The summed E-state index contributed by atoms with van der Waals surface area (Å²) in [6.45, 7) is -0.0500. The largest absolute Gasteiger partial charge is 0.464 e. The van der Waals surface area contributed by atoms with Crippen LogP contribution in [-0.4, -0.2) is 57.8 Å². The molecule has 0 bridgehead atoms. The number of esters is 2. The number of H-pyrrole nitrogens is 1. The molecule has 2 rings (SSSR count). The molecule has 12 nitrogen and oxygen atoms in total. The molecule has 0 spiro atoms. The van der Waals surface area contributed by atoms with E-state index in [1.807, 2.05) is 0 Å². The van der Waals surface area contributed by atoms with E-state index in [9.17, 15) is 14.4 Å². The highest BCUT2D eigenvalue weighted by Gasteiger charge is 2.16. The second kappa shape index (κ2) is 8.92. The fourth-order valence-corrected chi connectivity index (χ4v) is 2.21. The van der Waals surface area contributed by atoms with Gasteiger partial charge in [0, 0.05) is 12.5 Å². The molecule has 12 heteroatoms. The van der Waals surface area contributed by atoms with E-state index in [-0.39, 0.29) is 43.7 Å². The summed E-state index contributed by atoms with van der Waals surface area (Å²) in [4.78, 5) is 44.7. The molecular weight excluding hydrogens is 346 g/mol. The van der Waals surface area contributed by atoms with Crippen LogP contribution in [0.1, 0.15) is 6.42 Å². The molecule has 2 aromatic rings. The van der Waals surface area contributed by atoms with Gasteiger partial charge in [-0.15, -0.1) is 0 Å². The van der Waals surface area contributed by atoms with Gasteiger partial charge < -0.3 is 31.2 Å². The predicted molar refractivity (Wildman–Crippen MR) is 90.7 cm³/mol. The Balaban J connectivity index is 2.06. The minimum atomic E-state index is -0.561. The Bertz CT molecular complexity index is 811. The van der Waals surface area contributed by atoms with E-state index in [4.69, 9.17) is 26.7 Å². The zero-order valence-electron chi connectivity index (χ0n) is 14.0. The highest BCUT2D eigenvalue weighted by Crippen LogP contribution is 2.12. The molecular formula is C14H21N7O5. The predicted octanol–water partition coefficient (Wildman–Crippen LogP) is -2.29. The zero-order valence-corrected chi connectivity index (χ0v) is 14.0. The number of fused-ring (bicyclic) bond motifs is 1. The van der Waals surface area contributed by atoms with Gasteiger partial charge in [-0.1, -0.05) is 0 Å². The number of anilines is 1. The molecule has 7 N–H and O–H groups in total. The molecule has 2 heterocycles. The lowest BCUT2D eigenvalue weighted by Gasteiger charge is -2.17. The summed E-state index contributed by atoms with van der Waals surface area (Å²) in [5, 5.41) is 0. The van der Waals surface area contributed by atoms with Crippen molar-refractivity contribution in [1.29, 1.82) is 0 Å². The average molecular weight is 367 g/mol. The maximum absolute atomic E-state index is 11.8. The quantitative estimate of drug-likeness (QED) is 0.350. The van der Waals surface area contributed by atoms with E-state index in [2.05, 4.69) is 15.0 Å². The monoisotopic (exact) mass is 367 g/mol. The molecule has 26 heavy (non-hydrogen) atoms. The molecule has 0 atom stereocenters. The van der Waals surface area contributed by atoms with Gasteiger partial charge in [0.2, 0.25) is 5.95 Å². The number of rotatable bonds is 9. The Kier molecular flexibility index (Phi) is 6.63. The lowest BCUT2D eigenvalue weighted by Crippen LogP contribution is -2.26. The van der Waals surface area contributed by atoms with Crippen molar-refractivity contribution in [2.75, 3.05) is 32.0 Å². The van der Waals surface area contributed by atoms with Crippen LogP contribution in [0.25, 0.3) is 11.2 Å². The molecule has 0 amide bonds. The number of aromatic nitrogens is 4. The summed E-state index contributed by atoms with van der Waals surface area (Å²) in [5.41, 5.74) is 16.0. The number of imidazole rings is 1. The molecule has 0 radical (unpaired) electrons. The summed E-state index contributed by atoms with van der Waals surface area (Å²) < 4.78 is 11.7. The SMILES string of the molecule is NCC(=O)OCC(CCn1cnc2c(=O)[nH]c(N)nc21)COC(=O)CN. The first-order valence-electron chi connectivity index (χ1n) is 7.86. The van der Waals surface area contributed by atoms with Crippen LogP contribution in [0.4, 0.5) is 5.95 Å². The second-order valence-corrected chi connectivity index (χ2v) is 5.49. The third-order valence-electron chi connectivity index (χ3n) is 3.56. The highest BCUT2D eigenvalue weighted by molar-refractivity contribution is 5.72. The molecule has 142 valence electrons. The summed E-state index contributed by atoms with van der Waals surface area (Å²) in [7, 11) is 0. The van der Waals surface area contributed by atoms with E-state index in [1.165, 1.54) is 6.33 Å². The van der Waals surface area contributed by atoms with Crippen LogP contribution in [-0.2, 0) is 25.6 Å². The standard InChI is InChI=1S/C14H21N7O5/c15-3-9(22)25-5-8(6-26-10(23)4-16)1-2-21-7-18-11-12(21)19-14(17)20-13(11)24/h7-8H,1-6,15-16H2,(H3,17,19,20,24). The number of hydrogen-bond acceptors (Lipinski definition) is 10. The topological polar surface area (TPSA) is 194 Å². The van der Waals surface area contributed by atoms with Crippen LogP contribution in [0.3, 0.4) is 0 Å². The normalized spacial score (nSPS) is 11.0. The third kappa shape index (κ3) is 5.00. The number of nitrogens with one attached hydrogen (secondary N) is 1. The fourth-order valence-electron chi connectivity index (χ4n) is 2.21. The van der Waals surface area contributed by atoms with Crippen molar-refractivity contribution >= 4 is 29.1 Å².